The van der Waals surface area contributed by atoms with Crippen LogP contribution in [0.15, 0.2) is 53.4 Å². The van der Waals surface area contributed by atoms with Gasteiger partial charge >= 0.3 is 0 Å². The number of hydrogen-bond donors (Lipinski definition) is 2. The Morgan fingerprint density at radius 3 is 2.52 bits per heavy atom. The van der Waals surface area contributed by atoms with Gasteiger partial charge in [-0.1, -0.05) is 37.6 Å². The second-order valence-corrected chi connectivity index (χ2v) is 7.19. The smallest absolute Gasteiger partial charge is 0.240 e. The Kier molecular flexibility index (Phi) is 4.45. The molecular formula is C17H19N3O2S. The van der Waals surface area contributed by atoms with Crippen LogP contribution in [0.2, 0.25) is 0 Å². The molecule has 3 rings (SSSR count). The van der Waals surface area contributed by atoms with E-state index in [-0.39, 0.29) is 11.4 Å². The van der Waals surface area contributed by atoms with Gasteiger partial charge in [-0.3, -0.25) is 0 Å². The molecule has 3 aromatic rings. The van der Waals surface area contributed by atoms with Gasteiger partial charge in [0.25, 0.3) is 0 Å². The topological polar surface area (TPSA) is 74.8 Å². The number of nitrogens with zero attached hydrogens (tertiary/aromatic N) is 1. The number of fused-ring (bicyclic) bond motifs is 1. The van der Waals surface area contributed by atoms with E-state index in [0.29, 0.717) is 5.82 Å². The monoisotopic (exact) mass is 329 g/mol. The van der Waals surface area contributed by atoms with E-state index in [0.717, 1.165) is 29.4 Å². The van der Waals surface area contributed by atoms with Gasteiger partial charge in [-0.15, -0.1) is 0 Å². The number of rotatable bonds is 6. The van der Waals surface area contributed by atoms with Crippen molar-refractivity contribution in [2.24, 2.45) is 0 Å². The van der Waals surface area contributed by atoms with E-state index in [1.54, 1.807) is 12.1 Å². The van der Waals surface area contributed by atoms with Gasteiger partial charge in [0.15, 0.2) is 0 Å². The zero-order chi connectivity index (χ0) is 16.3. The summed E-state index contributed by atoms with van der Waals surface area (Å²) in [6.45, 7) is 2.23. The molecule has 0 unspecified atom stereocenters. The highest BCUT2D eigenvalue weighted by atomic mass is 32.2. The Morgan fingerprint density at radius 2 is 1.83 bits per heavy atom. The summed E-state index contributed by atoms with van der Waals surface area (Å²) < 4.78 is 27.3. The molecule has 0 aliphatic carbocycles. The number of benzene rings is 2. The molecule has 0 saturated heterocycles. The van der Waals surface area contributed by atoms with Crippen LogP contribution in [0.1, 0.15) is 24.7 Å². The maximum Gasteiger partial charge on any atom is 0.240 e. The quantitative estimate of drug-likeness (QED) is 0.730. The first-order valence-electron chi connectivity index (χ1n) is 7.61. The van der Waals surface area contributed by atoms with Crippen LogP contribution in [0, 0.1) is 0 Å². The van der Waals surface area contributed by atoms with E-state index >= 15 is 0 Å². The van der Waals surface area contributed by atoms with Gasteiger partial charge in [-0.2, -0.15) is 0 Å². The third-order valence-corrected chi connectivity index (χ3v) is 5.06. The minimum absolute atomic E-state index is 0.133. The lowest BCUT2D eigenvalue weighted by atomic mass is 10.1. The summed E-state index contributed by atoms with van der Waals surface area (Å²) >= 11 is 0. The predicted molar refractivity (Wildman–Crippen MR) is 90.6 cm³/mol. The number of aromatic nitrogens is 2. The highest BCUT2D eigenvalue weighted by molar-refractivity contribution is 7.89. The molecule has 0 saturated carbocycles. The molecule has 0 bridgehead atoms. The number of hydrogen-bond acceptors (Lipinski definition) is 3. The maximum atomic E-state index is 12.3. The van der Waals surface area contributed by atoms with Crippen LogP contribution in [0.3, 0.4) is 0 Å². The first kappa shape index (κ1) is 15.7. The van der Waals surface area contributed by atoms with Gasteiger partial charge < -0.3 is 4.98 Å². The number of imidazole rings is 1. The third kappa shape index (κ3) is 3.60. The van der Waals surface area contributed by atoms with Crippen molar-refractivity contribution in [2.75, 3.05) is 0 Å². The summed E-state index contributed by atoms with van der Waals surface area (Å²) in [6, 6.07) is 14.6. The molecule has 0 aliphatic rings. The molecule has 1 aromatic heterocycles. The molecule has 5 nitrogen and oxygen atoms in total. The molecule has 0 spiro atoms. The van der Waals surface area contributed by atoms with Crippen molar-refractivity contribution in [3.05, 3.63) is 59.9 Å². The Bertz CT molecular complexity index is 866. The Labute approximate surface area is 135 Å². The van der Waals surface area contributed by atoms with Gasteiger partial charge in [-0.25, -0.2) is 18.1 Å². The van der Waals surface area contributed by atoms with Gasteiger partial charge in [-0.05, 0) is 36.2 Å². The molecule has 23 heavy (non-hydrogen) atoms. The van der Waals surface area contributed by atoms with Crippen LogP contribution in [0.4, 0.5) is 0 Å². The number of H-pyrrole nitrogens is 1. The zero-order valence-electron chi connectivity index (χ0n) is 12.9. The second kappa shape index (κ2) is 6.52. The van der Waals surface area contributed by atoms with Crippen molar-refractivity contribution in [1.29, 1.82) is 0 Å². The number of aromatic amines is 1. The van der Waals surface area contributed by atoms with Crippen molar-refractivity contribution < 1.29 is 8.42 Å². The normalized spacial score (nSPS) is 11.9. The number of nitrogens with one attached hydrogen (secondary N) is 2. The first-order chi connectivity index (χ1) is 11.1. The standard InChI is InChI=1S/C17H19N3O2S/c1-2-5-13-8-10-14(11-9-13)23(21,22)18-12-17-19-15-6-3-4-7-16(15)20-17/h3-4,6-11,18H,2,5,12H2,1H3,(H,19,20). The molecule has 0 aliphatic heterocycles. The molecule has 120 valence electrons. The summed E-state index contributed by atoms with van der Waals surface area (Å²) in [7, 11) is -3.54. The van der Waals surface area contributed by atoms with Gasteiger partial charge in [0.1, 0.15) is 5.82 Å². The fourth-order valence-corrected chi connectivity index (χ4v) is 3.45. The Balaban J connectivity index is 1.72. The van der Waals surface area contributed by atoms with Gasteiger partial charge in [0.05, 0.1) is 22.5 Å². The summed E-state index contributed by atoms with van der Waals surface area (Å²) in [5, 5.41) is 0. The maximum absolute atomic E-state index is 12.3. The fraction of sp³-hybridized carbons (Fsp3) is 0.235. The fourth-order valence-electron chi connectivity index (χ4n) is 2.46. The SMILES string of the molecule is CCCc1ccc(S(=O)(=O)NCc2nc3ccccc3[nH]2)cc1. The van der Waals surface area contributed by atoms with Gasteiger partial charge in [0.2, 0.25) is 10.0 Å². The molecule has 0 radical (unpaired) electrons. The van der Waals surface area contributed by atoms with Gasteiger partial charge in [0, 0.05) is 0 Å². The minimum atomic E-state index is -3.54. The molecule has 0 atom stereocenters. The lowest BCUT2D eigenvalue weighted by molar-refractivity contribution is 0.579. The minimum Gasteiger partial charge on any atom is -0.341 e. The lowest BCUT2D eigenvalue weighted by Crippen LogP contribution is -2.23. The average molecular weight is 329 g/mol. The number of aryl methyl sites for hydroxylation is 1. The first-order valence-corrected chi connectivity index (χ1v) is 9.09. The molecule has 0 fully saturated rings. The van der Waals surface area contributed by atoms with E-state index in [1.165, 1.54) is 0 Å². The van der Waals surface area contributed by atoms with Crippen LogP contribution < -0.4 is 4.72 Å². The highest BCUT2D eigenvalue weighted by Crippen LogP contribution is 2.13. The molecule has 1 heterocycles. The van der Waals surface area contributed by atoms with Crippen molar-refractivity contribution in [3.63, 3.8) is 0 Å². The van der Waals surface area contributed by atoms with Crippen LogP contribution in [0.25, 0.3) is 11.0 Å². The Hall–Kier alpha value is -2.18. The molecule has 6 heteroatoms. The van der Waals surface area contributed by atoms with Crippen LogP contribution in [-0.4, -0.2) is 18.4 Å². The lowest BCUT2D eigenvalue weighted by Gasteiger charge is -2.06. The summed E-state index contributed by atoms with van der Waals surface area (Å²) in [4.78, 5) is 7.74. The van der Waals surface area contributed by atoms with E-state index in [1.807, 2.05) is 36.4 Å². The van der Waals surface area contributed by atoms with E-state index < -0.39 is 10.0 Å². The largest absolute Gasteiger partial charge is 0.341 e. The summed E-state index contributed by atoms with van der Waals surface area (Å²) in [6.07, 6.45) is 1.99. The van der Waals surface area contributed by atoms with Crippen LogP contribution in [0.5, 0.6) is 0 Å². The van der Waals surface area contributed by atoms with E-state index in [2.05, 4.69) is 21.6 Å². The second-order valence-electron chi connectivity index (χ2n) is 5.42. The number of para-hydroxylation sites is 2. The predicted octanol–water partition coefficient (Wildman–Crippen LogP) is 2.99. The third-order valence-electron chi connectivity index (χ3n) is 3.64. The van der Waals surface area contributed by atoms with Crippen molar-refractivity contribution >= 4 is 21.1 Å². The van der Waals surface area contributed by atoms with E-state index in [9.17, 15) is 8.42 Å². The van der Waals surface area contributed by atoms with Crippen molar-refractivity contribution in [3.8, 4) is 0 Å². The molecule has 2 N–H and O–H groups in total. The Morgan fingerprint density at radius 1 is 1.09 bits per heavy atom. The molecule has 2 aromatic carbocycles. The van der Waals surface area contributed by atoms with Crippen molar-refractivity contribution in [1.82, 2.24) is 14.7 Å². The van der Waals surface area contributed by atoms with E-state index in [4.69, 9.17) is 0 Å². The number of sulfonamides is 1. The summed E-state index contributed by atoms with van der Waals surface area (Å²) in [5.74, 6) is 0.595. The van der Waals surface area contributed by atoms with Crippen molar-refractivity contribution in [2.45, 2.75) is 31.2 Å². The highest BCUT2D eigenvalue weighted by Gasteiger charge is 2.14. The average Bonchev–Trinajstić information content (AvgIpc) is 2.97. The van der Waals surface area contributed by atoms with Crippen LogP contribution in [-0.2, 0) is 23.0 Å². The zero-order valence-corrected chi connectivity index (χ0v) is 13.7. The summed E-state index contributed by atoms with van der Waals surface area (Å²) in [5.41, 5.74) is 2.86. The molecule has 0 amide bonds. The van der Waals surface area contributed by atoms with Crippen LogP contribution >= 0.6 is 0 Å². The molecular weight excluding hydrogens is 310 g/mol.